The Balaban J connectivity index is 1.32. The van der Waals surface area contributed by atoms with E-state index in [1.54, 1.807) is 18.5 Å². The maximum atomic E-state index is 13.1. The van der Waals surface area contributed by atoms with E-state index in [0.717, 1.165) is 43.6 Å². The van der Waals surface area contributed by atoms with E-state index in [-0.39, 0.29) is 12.0 Å². The summed E-state index contributed by atoms with van der Waals surface area (Å²) >= 11 is 1.30. The standard InChI is InChI=1S/C28H31N7O2S/c1-19(21-6-4-3-5-7-21)37-26-24(30-17-20-10-14-35(2)15-11-20)16-23(18-31-26)25(36)32-28-34-33-27(38-28)22-8-12-29-13-9-22/h3-9,12-13,16,18-20,30H,10-11,14-15,17H2,1-2H3,(H,32,34,36). The largest absolute Gasteiger partial charge is 0.468 e. The number of anilines is 2. The van der Waals surface area contributed by atoms with Crippen LogP contribution in [0, 0.1) is 5.92 Å². The molecule has 9 nitrogen and oxygen atoms in total. The molecule has 0 aliphatic carbocycles. The lowest BCUT2D eigenvalue weighted by Gasteiger charge is -2.29. The van der Waals surface area contributed by atoms with Crippen molar-refractivity contribution >= 4 is 28.1 Å². The predicted molar refractivity (Wildman–Crippen MR) is 150 cm³/mol. The molecule has 1 unspecified atom stereocenters. The minimum atomic E-state index is -0.306. The summed E-state index contributed by atoms with van der Waals surface area (Å²) in [6, 6.07) is 15.5. The van der Waals surface area contributed by atoms with Gasteiger partial charge in [-0.25, -0.2) is 4.98 Å². The van der Waals surface area contributed by atoms with E-state index < -0.39 is 0 Å². The van der Waals surface area contributed by atoms with Gasteiger partial charge in [0.05, 0.1) is 11.3 Å². The highest BCUT2D eigenvalue weighted by atomic mass is 32.1. The van der Waals surface area contributed by atoms with Crippen LogP contribution in [0.3, 0.4) is 0 Å². The number of carbonyl (C=O) groups excluding carboxylic acids is 1. The van der Waals surface area contributed by atoms with Gasteiger partial charge in [-0.3, -0.25) is 15.1 Å². The van der Waals surface area contributed by atoms with Gasteiger partial charge in [0.2, 0.25) is 11.0 Å². The maximum absolute atomic E-state index is 13.1. The van der Waals surface area contributed by atoms with Gasteiger partial charge in [-0.2, -0.15) is 0 Å². The number of hydrogen-bond donors (Lipinski definition) is 2. The lowest BCUT2D eigenvalue weighted by atomic mass is 9.97. The number of pyridine rings is 2. The first-order chi connectivity index (χ1) is 18.5. The zero-order chi connectivity index (χ0) is 26.3. The molecular formula is C28H31N7O2S. The third-order valence-corrected chi connectivity index (χ3v) is 7.55. The molecule has 1 fully saturated rings. The van der Waals surface area contributed by atoms with E-state index in [2.05, 4.69) is 42.7 Å². The number of hydrogen-bond acceptors (Lipinski definition) is 9. The molecule has 0 saturated carbocycles. The van der Waals surface area contributed by atoms with Gasteiger partial charge in [-0.1, -0.05) is 41.7 Å². The van der Waals surface area contributed by atoms with Gasteiger partial charge in [-0.05, 0) is 69.6 Å². The Labute approximate surface area is 226 Å². The number of amides is 1. The SMILES string of the molecule is CC(Oc1ncc(C(=O)Nc2nnc(-c3ccncc3)s2)cc1NCC1CCN(C)CC1)c1ccccc1. The van der Waals surface area contributed by atoms with Crippen LogP contribution in [0.5, 0.6) is 5.88 Å². The highest BCUT2D eigenvalue weighted by molar-refractivity contribution is 7.18. The molecule has 196 valence electrons. The summed E-state index contributed by atoms with van der Waals surface area (Å²) in [6.45, 7) is 4.96. The average Bonchev–Trinajstić information content (AvgIpc) is 3.42. The number of rotatable bonds is 9. The molecular weight excluding hydrogens is 498 g/mol. The summed E-state index contributed by atoms with van der Waals surface area (Å²) in [6.07, 6.45) is 7.00. The Kier molecular flexibility index (Phi) is 8.20. The van der Waals surface area contributed by atoms with Crippen LogP contribution in [0.15, 0.2) is 67.1 Å². The number of aromatic nitrogens is 4. The summed E-state index contributed by atoms with van der Waals surface area (Å²) in [5.74, 6) is 0.720. The van der Waals surface area contributed by atoms with Crippen molar-refractivity contribution < 1.29 is 9.53 Å². The van der Waals surface area contributed by atoms with Crippen molar-refractivity contribution in [2.75, 3.05) is 37.3 Å². The first-order valence-electron chi connectivity index (χ1n) is 12.7. The van der Waals surface area contributed by atoms with E-state index in [1.165, 1.54) is 17.5 Å². The molecule has 0 bridgehead atoms. The van der Waals surface area contributed by atoms with Gasteiger partial charge in [0, 0.05) is 30.7 Å². The van der Waals surface area contributed by atoms with Crippen LogP contribution in [-0.4, -0.2) is 57.7 Å². The van der Waals surface area contributed by atoms with Crippen LogP contribution in [-0.2, 0) is 0 Å². The van der Waals surface area contributed by atoms with Crippen LogP contribution >= 0.6 is 11.3 Å². The third kappa shape index (κ3) is 6.51. The monoisotopic (exact) mass is 529 g/mol. The van der Waals surface area contributed by atoms with Crippen LogP contribution < -0.4 is 15.4 Å². The molecule has 1 aliphatic rings. The smallest absolute Gasteiger partial charge is 0.259 e. The summed E-state index contributed by atoms with van der Waals surface area (Å²) in [4.78, 5) is 24.0. The lowest BCUT2D eigenvalue weighted by Crippen LogP contribution is -2.33. The predicted octanol–water partition coefficient (Wildman–Crippen LogP) is 5.14. The minimum absolute atomic E-state index is 0.194. The first-order valence-corrected chi connectivity index (χ1v) is 13.6. The molecule has 2 N–H and O–H groups in total. The quantitative estimate of drug-likeness (QED) is 0.307. The number of piperidine rings is 1. The van der Waals surface area contributed by atoms with E-state index in [0.29, 0.717) is 33.2 Å². The topological polar surface area (TPSA) is 105 Å². The Morgan fingerprint density at radius 1 is 1.13 bits per heavy atom. The number of nitrogens with one attached hydrogen (secondary N) is 2. The third-order valence-electron chi connectivity index (χ3n) is 6.66. The van der Waals surface area contributed by atoms with Crippen LogP contribution in [0.25, 0.3) is 10.6 Å². The number of carbonyl (C=O) groups is 1. The molecule has 1 aliphatic heterocycles. The number of nitrogens with zero attached hydrogens (tertiary/aromatic N) is 5. The minimum Gasteiger partial charge on any atom is -0.468 e. The molecule has 1 aromatic carbocycles. The summed E-state index contributed by atoms with van der Waals surface area (Å²) in [7, 11) is 2.16. The Morgan fingerprint density at radius 2 is 1.89 bits per heavy atom. The molecule has 5 rings (SSSR count). The molecule has 0 radical (unpaired) electrons. The fourth-order valence-corrected chi connectivity index (χ4v) is 5.08. The fourth-order valence-electron chi connectivity index (χ4n) is 4.33. The second kappa shape index (κ2) is 12.1. The Bertz CT molecular complexity index is 1340. The van der Waals surface area contributed by atoms with Gasteiger partial charge in [-0.15, -0.1) is 10.2 Å². The van der Waals surface area contributed by atoms with Gasteiger partial charge in [0.1, 0.15) is 11.1 Å². The van der Waals surface area contributed by atoms with Crippen molar-refractivity contribution in [1.29, 1.82) is 0 Å². The molecule has 10 heteroatoms. The van der Waals surface area contributed by atoms with Crippen molar-refractivity contribution in [1.82, 2.24) is 25.1 Å². The molecule has 0 spiro atoms. The number of benzene rings is 1. The molecule has 1 atom stereocenters. The Hall–Kier alpha value is -3.89. The van der Waals surface area contributed by atoms with Crippen molar-refractivity contribution in [2.24, 2.45) is 5.92 Å². The van der Waals surface area contributed by atoms with Crippen LogP contribution in [0.1, 0.15) is 41.8 Å². The van der Waals surface area contributed by atoms with Gasteiger partial charge in [0.15, 0.2) is 0 Å². The average molecular weight is 530 g/mol. The van der Waals surface area contributed by atoms with Crippen molar-refractivity contribution in [2.45, 2.75) is 25.9 Å². The van der Waals surface area contributed by atoms with Crippen molar-refractivity contribution in [3.05, 3.63) is 78.2 Å². The summed E-state index contributed by atoms with van der Waals surface area (Å²) in [5.41, 5.74) is 3.07. The first kappa shape index (κ1) is 25.7. The number of ether oxygens (including phenoxy) is 1. The van der Waals surface area contributed by atoms with Gasteiger partial charge in [0.25, 0.3) is 5.91 Å². The van der Waals surface area contributed by atoms with Crippen LogP contribution in [0.2, 0.25) is 0 Å². The highest BCUT2D eigenvalue weighted by Gasteiger charge is 2.20. The van der Waals surface area contributed by atoms with E-state index >= 15 is 0 Å². The lowest BCUT2D eigenvalue weighted by molar-refractivity contribution is 0.102. The summed E-state index contributed by atoms with van der Waals surface area (Å²) < 4.78 is 6.25. The van der Waals surface area contributed by atoms with E-state index in [1.807, 2.05) is 49.4 Å². The second-order valence-electron chi connectivity index (χ2n) is 9.48. The van der Waals surface area contributed by atoms with Crippen LogP contribution in [0.4, 0.5) is 10.8 Å². The zero-order valence-electron chi connectivity index (χ0n) is 21.5. The Morgan fingerprint density at radius 3 is 2.66 bits per heavy atom. The second-order valence-corrected chi connectivity index (χ2v) is 10.5. The van der Waals surface area contributed by atoms with E-state index in [9.17, 15) is 4.79 Å². The van der Waals surface area contributed by atoms with E-state index in [4.69, 9.17) is 4.74 Å². The van der Waals surface area contributed by atoms with Crippen molar-refractivity contribution in [3.8, 4) is 16.5 Å². The molecule has 4 heterocycles. The molecule has 1 saturated heterocycles. The van der Waals surface area contributed by atoms with Gasteiger partial charge < -0.3 is 15.0 Å². The molecule has 4 aromatic rings. The normalized spacial score (nSPS) is 15.1. The fraction of sp³-hybridized carbons (Fsp3) is 0.321. The highest BCUT2D eigenvalue weighted by Crippen LogP contribution is 2.30. The molecule has 38 heavy (non-hydrogen) atoms. The zero-order valence-corrected chi connectivity index (χ0v) is 22.3. The number of likely N-dealkylation sites (tertiary alicyclic amines) is 1. The van der Waals surface area contributed by atoms with Gasteiger partial charge >= 0.3 is 0 Å². The van der Waals surface area contributed by atoms with Crippen molar-refractivity contribution in [3.63, 3.8) is 0 Å². The molecule has 1 amide bonds. The molecule has 3 aromatic heterocycles. The summed E-state index contributed by atoms with van der Waals surface area (Å²) in [5, 5.41) is 15.8. The maximum Gasteiger partial charge on any atom is 0.259 e.